The molecule has 29 heavy (non-hydrogen) atoms. The molecule has 0 aromatic heterocycles. The third-order valence-electron chi connectivity index (χ3n) is 4.93. The van der Waals surface area contributed by atoms with Gasteiger partial charge in [0.1, 0.15) is 0 Å². The van der Waals surface area contributed by atoms with Crippen molar-refractivity contribution in [3.8, 4) is 11.1 Å². The molecule has 2 aromatic carbocycles. The molecular weight excluding hydrogens is 384 g/mol. The highest BCUT2D eigenvalue weighted by molar-refractivity contribution is 6.62. The summed E-state index contributed by atoms with van der Waals surface area (Å²) in [5, 5.41) is 6.27. The summed E-state index contributed by atoms with van der Waals surface area (Å²) in [7, 11) is 2.27. The zero-order chi connectivity index (χ0) is 21.3. The molecule has 1 amide bonds. The molecule has 0 bridgehead atoms. The zero-order valence-electron chi connectivity index (χ0n) is 17.5. The second kappa shape index (κ2) is 10.9. The monoisotopic (exact) mass is 414 g/mol. The quantitative estimate of drug-likeness (QED) is 0.417. The number of nitrogens with one attached hydrogen (secondary N) is 2. The fraction of sp³-hybridized carbons (Fsp3) is 0.318. The minimum Gasteiger partial charge on any atom is -0.385 e. The Kier molecular flexibility index (Phi) is 8.60. The van der Waals surface area contributed by atoms with Gasteiger partial charge >= 0.3 is 8.80 Å². The second-order valence-corrected chi connectivity index (χ2v) is 10.1. The lowest BCUT2D eigenvalue weighted by molar-refractivity contribution is -0.111. The molecule has 0 aliphatic heterocycles. The van der Waals surface area contributed by atoms with E-state index in [-0.39, 0.29) is 11.4 Å². The Balaban J connectivity index is 2.07. The Morgan fingerprint density at radius 3 is 2.28 bits per heavy atom. The van der Waals surface area contributed by atoms with E-state index in [1.807, 2.05) is 36.4 Å². The van der Waals surface area contributed by atoms with Crippen LogP contribution in [0.2, 0.25) is 5.54 Å². The summed E-state index contributed by atoms with van der Waals surface area (Å²) < 4.78 is 16.7. The predicted molar refractivity (Wildman–Crippen MR) is 120 cm³/mol. The molecule has 0 fully saturated rings. The van der Waals surface area contributed by atoms with Crippen LogP contribution in [0.25, 0.3) is 11.1 Å². The molecule has 7 heteroatoms. The van der Waals surface area contributed by atoms with Gasteiger partial charge in [-0.3, -0.25) is 4.79 Å². The van der Waals surface area contributed by atoms with E-state index < -0.39 is 8.80 Å². The van der Waals surface area contributed by atoms with Crippen molar-refractivity contribution in [2.75, 3.05) is 38.5 Å². The lowest BCUT2D eigenvalue weighted by Gasteiger charge is -2.30. The highest BCUT2D eigenvalue weighted by Gasteiger charge is 2.44. The van der Waals surface area contributed by atoms with Gasteiger partial charge in [-0.1, -0.05) is 43.8 Å². The molecule has 2 N–H and O–H groups in total. The maximum absolute atomic E-state index is 11.4. The second-order valence-electron chi connectivity index (χ2n) is 6.65. The first-order valence-corrected chi connectivity index (χ1v) is 11.3. The van der Waals surface area contributed by atoms with Gasteiger partial charge in [0.15, 0.2) is 0 Å². The minimum absolute atomic E-state index is 0.162. The summed E-state index contributed by atoms with van der Waals surface area (Å²) in [6, 6.07) is 15.9. The number of para-hydroxylation sites is 1. The first-order valence-electron chi connectivity index (χ1n) is 9.51. The lowest BCUT2D eigenvalue weighted by atomic mass is 10.0. The first-order chi connectivity index (χ1) is 14.0. The lowest BCUT2D eigenvalue weighted by Crippen LogP contribution is -2.47. The normalized spacial score (nSPS) is 12.3. The van der Waals surface area contributed by atoms with E-state index in [1.54, 1.807) is 21.3 Å². The van der Waals surface area contributed by atoms with Crippen molar-refractivity contribution in [3.05, 3.63) is 61.2 Å². The van der Waals surface area contributed by atoms with Crippen molar-refractivity contribution in [1.29, 1.82) is 0 Å². The van der Waals surface area contributed by atoms with Crippen LogP contribution >= 0.6 is 0 Å². The van der Waals surface area contributed by atoms with Gasteiger partial charge in [0, 0.05) is 50.4 Å². The topological polar surface area (TPSA) is 68.8 Å². The fourth-order valence-electron chi connectivity index (χ4n) is 3.27. The van der Waals surface area contributed by atoms with Crippen LogP contribution in [0.3, 0.4) is 0 Å². The molecule has 0 aliphatic carbocycles. The Morgan fingerprint density at radius 1 is 1.07 bits per heavy atom. The molecule has 6 nitrogen and oxygen atoms in total. The summed E-state index contributed by atoms with van der Waals surface area (Å²) in [4.78, 5) is 11.4. The van der Waals surface area contributed by atoms with Gasteiger partial charge < -0.3 is 23.9 Å². The third kappa shape index (κ3) is 5.77. The molecule has 2 rings (SSSR count). The van der Waals surface area contributed by atoms with Crippen LogP contribution in [0.4, 0.5) is 11.4 Å². The van der Waals surface area contributed by atoms with Crippen molar-refractivity contribution in [1.82, 2.24) is 0 Å². The van der Waals surface area contributed by atoms with Crippen LogP contribution in [-0.2, 0) is 18.1 Å². The minimum atomic E-state index is -2.64. The van der Waals surface area contributed by atoms with E-state index >= 15 is 0 Å². The van der Waals surface area contributed by atoms with Crippen molar-refractivity contribution in [2.45, 2.75) is 18.9 Å². The molecule has 0 heterocycles. The molecule has 0 saturated carbocycles. The van der Waals surface area contributed by atoms with Crippen molar-refractivity contribution in [3.63, 3.8) is 0 Å². The number of hydrogen-bond acceptors (Lipinski definition) is 5. The third-order valence-corrected chi connectivity index (χ3v) is 8.13. The van der Waals surface area contributed by atoms with Crippen LogP contribution < -0.4 is 10.6 Å². The summed E-state index contributed by atoms with van der Waals surface area (Å²) in [5.41, 5.74) is 4.09. The number of carbonyl (C=O) groups is 1. The van der Waals surface area contributed by atoms with E-state index in [1.165, 1.54) is 6.08 Å². The van der Waals surface area contributed by atoms with Gasteiger partial charge in [0.2, 0.25) is 5.91 Å². The maximum Gasteiger partial charge on any atom is 0.503 e. The SMILES string of the molecule is C=CC(=O)Nc1ccc(-c2ccccc2NCCC(C)[Si](OC)(OC)OC)cc1. The summed E-state index contributed by atoms with van der Waals surface area (Å²) in [6.45, 7) is 6.31. The highest BCUT2D eigenvalue weighted by Crippen LogP contribution is 2.30. The largest absolute Gasteiger partial charge is 0.503 e. The number of hydrogen-bond donors (Lipinski definition) is 2. The molecule has 0 aliphatic rings. The smallest absolute Gasteiger partial charge is 0.385 e. The average Bonchev–Trinajstić information content (AvgIpc) is 2.76. The summed E-state index contributed by atoms with van der Waals surface area (Å²) >= 11 is 0. The number of amides is 1. The van der Waals surface area contributed by atoms with Crippen LogP contribution in [0.15, 0.2) is 61.2 Å². The van der Waals surface area contributed by atoms with Crippen LogP contribution in [-0.4, -0.2) is 42.6 Å². The molecular formula is C22H30N2O4Si. The Morgan fingerprint density at radius 2 is 1.69 bits per heavy atom. The van der Waals surface area contributed by atoms with E-state index in [4.69, 9.17) is 13.3 Å². The van der Waals surface area contributed by atoms with Gasteiger partial charge in [-0.2, -0.15) is 0 Å². The average molecular weight is 415 g/mol. The van der Waals surface area contributed by atoms with Crippen molar-refractivity contribution >= 4 is 26.1 Å². The Bertz CT molecular complexity index is 798. The van der Waals surface area contributed by atoms with Gasteiger partial charge in [-0.15, -0.1) is 0 Å². The Hall–Kier alpha value is -2.45. The fourth-order valence-corrected chi connectivity index (χ4v) is 5.47. The maximum atomic E-state index is 11.4. The molecule has 0 spiro atoms. The standard InChI is InChI=1S/C22H30N2O4Si/c1-6-22(25)24-19-13-11-18(12-14-19)20-9-7-8-10-21(20)23-16-15-17(2)29(26-3,27-4)28-5/h6-14,17,23H,1,15-16H2,2-5H3,(H,24,25). The van der Waals surface area contributed by atoms with Crippen LogP contribution in [0.5, 0.6) is 0 Å². The summed E-state index contributed by atoms with van der Waals surface area (Å²) in [5.74, 6) is -0.225. The zero-order valence-corrected chi connectivity index (χ0v) is 18.5. The summed E-state index contributed by atoms with van der Waals surface area (Å²) in [6.07, 6.45) is 2.10. The molecule has 2 aromatic rings. The van der Waals surface area contributed by atoms with Gasteiger partial charge in [0.25, 0.3) is 0 Å². The van der Waals surface area contributed by atoms with Gasteiger partial charge in [-0.05, 0) is 36.3 Å². The predicted octanol–water partition coefficient (Wildman–Crippen LogP) is 4.55. The molecule has 1 atom stereocenters. The number of benzene rings is 2. The highest BCUT2D eigenvalue weighted by atomic mass is 28.4. The molecule has 1 unspecified atom stereocenters. The molecule has 0 saturated heterocycles. The van der Waals surface area contributed by atoms with E-state index in [9.17, 15) is 4.79 Å². The van der Waals surface area contributed by atoms with Crippen molar-refractivity contribution < 1.29 is 18.1 Å². The van der Waals surface area contributed by atoms with Crippen LogP contribution in [0, 0.1) is 0 Å². The van der Waals surface area contributed by atoms with E-state index in [2.05, 4.69) is 36.3 Å². The number of carbonyl (C=O) groups excluding carboxylic acids is 1. The van der Waals surface area contributed by atoms with E-state index in [0.717, 1.165) is 35.5 Å². The first kappa shape index (κ1) is 22.8. The Labute approximate surface area is 174 Å². The molecule has 0 radical (unpaired) electrons. The van der Waals surface area contributed by atoms with Gasteiger partial charge in [-0.25, -0.2) is 0 Å². The number of rotatable bonds is 11. The van der Waals surface area contributed by atoms with Crippen molar-refractivity contribution in [2.24, 2.45) is 0 Å². The number of anilines is 2. The van der Waals surface area contributed by atoms with E-state index in [0.29, 0.717) is 0 Å². The van der Waals surface area contributed by atoms with Crippen LogP contribution in [0.1, 0.15) is 13.3 Å². The molecule has 156 valence electrons. The van der Waals surface area contributed by atoms with Gasteiger partial charge in [0.05, 0.1) is 0 Å².